The molecular weight excluding hydrogens is 242 g/mol. The Morgan fingerprint density at radius 1 is 1.47 bits per heavy atom. The summed E-state index contributed by atoms with van der Waals surface area (Å²) in [7, 11) is 1.30. The molecule has 0 bridgehead atoms. The summed E-state index contributed by atoms with van der Waals surface area (Å²) in [6, 6.07) is 2.86. The van der Waals surface area contributed by atoms with Crippen LogP contribution in [0, 0.1) is 13.8 Å². The van der Waals surface area contributed by atoms with Gasteiger partial charge < -0.3 is 15.6 Å². The molecule has 0 aromatic heterocycles. The quantitative estimate of drug-likeness (QED) is 0.807. The Hall–Kier alpha value is -1.26. The molecule has 0 aliphatic rings. The fraction of sp³-hybridized carbons (Fsp3) is 0.417. The van der Waals surface area contributed by atoms with E-state index in [4.69, 9.17) is 5.73 Å². The molecule has 0 saturated heterocycles. The third-order valence-electron chi connectivity index (χ3n) is 2.52. The molecule has 0 heterocycles. The van der Waals surface area contributed by atoms with Crippen LogP contribution >= 0.6 is 12.4 Å². The Bertz CT molecular complexity index is 384. The molecule has 1 unspecified atom stereocenters. The summed E-state index contributed by atoms with van der Waals surface area (Å²) in [6.07, 6.45) is 0.282. The molecule has 0 radical (unpaired) electrons. The number of nitrogens with two attached hydrogens (primary N) is 1. The zero-order valence-corrected chi connectivity index (χ0v) is 11.0. The van der Waals surface area contributed by atoms with Gasteiger partial charge in [0.25, 0.3) is 0 Å². The van der Waals surface area contributed by atoms with Gasteiger partial charge >= 0.3 is 5.97 Å². The van der Waals surface area contributed by atoms with E-state index in [9.17, 15) is 9.90 Å². The third-order valence-corrected chi connectivity index (χ3v) is 2.52. The number of phenols is 1. The second-order valence-electron chi connectivity index (χ2n) is 3.91. The largest absolute Gasteiger partial charge is 0.508 e. The van der Waals surface area contributed by atoms with E-state index in [1.54, 1.807) is 6.07 Å². The maximum atomic E-state index is 11.2. The van der Waals surface area contributed by atoms with Gasteiger partial charge in [-0.05, 0) is 36.6 Å². The van der Waals surface area contributed by atoms with Crippen LogP contribution in [0.3, 0.4) is 0 Å². The monoisotopic (exact) mass is 259 g/mol. The van der Waals surface area contributed by atoms with Crippen LogP contribution in [0.4, 0.5) is 0 Å². The predicted molar refractivity (Wildman–Crippen MR) is 68.5 cm³/mol. The molecule has 4 nitrogen and oxygen atoms in total. The summed E-state index contributed by atoms with van der Waals surface area (Å²) in [5.74, 6) is -0.295. The first-order valence-corrected chi connectivity index (χ1v) is 5.08. The Balaban J connectivity index is 0.00000256. The molecule has 96 valence electrons. The number of halogens is 1. The third kappa shape index (κ3) is 3.91. The van der Waals surface area contributed by atoms with Crippen LogP contribution < -0.4 is 5.73 Å². The topological polar surface area (TPSA) is 72.5 Å². The number of carbonyl (C=O) groups is 1. The number of methoxy groups -OCH3 is 1. The van der Waals surface area contributed by atoms with E-state index in [-0.39, 0.29) is 24.6 Å². The second-order valence-corrected chi connectivity index (χ2v) is 3.91. The Morgan fingerprint density at radius 2 is 2.06 bits per heavy atom. The predicted octanol–water partition coefficient (Wildman–Crippen LogP) is 1.47. The first kappa shape index (κ1) is 15.7. The van der Waals surface area contributed by atoms with E-state index in [1.807, 2.05) is 19.9 Å². The van der Waals surface area contributed by atoms with Gasteiger partial charge in [0.1, 0.15) is 11.8 Å². The van der Waals surface area contributed by atoms with E-state index >= 15 is 0 Å². The van der Waals surface area contributed by atoms with Gasteiger partial charge in [-0.15, -0.1) is 12.4 Å². The number of benzene rings is 1. The Kier molecular flexibility index (Phi) is 5.99. The Labute approximate surface area is 107 Å². The van der Waals surface area contributed by atoms with Crippen LogP contribution in [0.25, 0.3) is 0 Å². The van der Waals surface area contributed by atoms with Gasteiger partial charge in [-0.3, -0.25) is 4.79 Å². The van der Waals surface area contributed by atoms with Gasteiger partial charge in [-0.1, -0.05) is 6.07 Å². The molecule has 3 N–H and O–H groups in total. The second kappa shape index (κ2) is 6.47. The number of aromatic hydroxyl groups is 1. The first-order valence-electron chi connectivity index (χ1n) is 5.08. The molecule has 5 heteroatoms. The lowest BCUT2D eigenvalue weighted by Crippen LogP contribution is -2.33. The highest BCUT2D eigenvalue weighted by molar-refractivity contribution is 5.85. The van der Waals surface area contributed by atoms with E-state index in [0.29, 0.717) is 5.56 Å². The zero-order chi connectivity index (χ0) is 12.3. The van der Waals surface area contributed by atoms with Crippen LogP contribution in [0.15, 0.2) is 12.1 Å². The van der Waals surface area contributed by atoms with Crippen molar-refractivity contribution in [3.63, 3.8) is 0 Å². The Morgan fingerprint density at radius 3 is 2.53 bits per heavy atom. The molecule has 0 amide bonds. The van der Waals surface area contributed by atoms with Crippen molar-refractivity contribution in [2.45, 2.75) is 26.3 Å². The fourth-order valence-electron chi connectivity index (χ4n) is 1.70. The number of aryl methyl sites for hydroxylation is 2. The molecule has 17 heavy (non-hydrogen) atoms. The summed E-state index contributed by atoms with van der Waals surface area (Å²) in [4.78, 5) is 11.2. The van der Waals surface area contributed by atoms with Gasteiger partial charge in [0.15, 0.2) is 0 Å². The van der Waals surface area contributed by atoms with E-state index in [2.05, 4.69) is 4.74 Å². The molecule has 1 aromatic rings. The lowest BCUT2D eigenvalue weighted by Gasteiger charge is -2.13. The molecule has 0 fully saturated rings. The minimum atomic E-state index is -0.739. The standard InChI is InChI=1S/C12H17NO3.ClH/c1-7-4-8(2)9(11(14)5-7)6-10(13)12(15)16-3;/h4-5,10,14H,6,13H2,1-3H3;1H. The summed E-state index contributed by atoms with van der Waals surface area (Å²) >= 11 is 0. The van der Waals surface area contributed by atoms with Gasteiger partial charge in [-0.25, -0.2) is 0 Å². The normalized spacial score (nSPS) is 11.5. The number of carbonyl (C=O) groups excluding carboxylic acids is 1. The summed E-state index contributed by atoms with van der Waals surface area (Å²) in [5.41, 5.74) is 8.25. The zero-order valence-electron chi connectivity index (χ0n) is 10.2. The number of phenolic OH excluding ortho intramolecular Hbond substituents is 1. The van der Waals surface area contributed by atoms with Crippen molar-refractivity contribution >= 4 is 18.4 Å². The molecule has 1 atom stereocenters. The van der Waals surface area contributed by atoms with Crippen LogP contribution in [0.1, 0.15) is 16.7 Å². The average molecular weight is 260 g/mol. The summed E-state index contributed by atoms with van der Waals surface area (Å²) < 4.78 is 4.54. The van der Waals surface area contributed by atoms with Crippen LogP contribution in [0.5, 0.6) is 5.75 Å². The van der Waals surface area contributed by atoms with Crippen LogP contribution in [0.2, 0.25) is 0 Å². The average Bonchev–Trinajstić information content (AvgIpc) is 2.21. The van der Waals surface area contributed by atoms with Crippen molar-refractivity contribution in [1.82, 2.24) is 0 Å². The highest BCUT2D eigenvalue weighted by Crippen LogP contribution is 2.24. The number of rotatable bonds is 3. The molecule has 1 rings (SSSR count). The van der Waals surface area contributed by atoms with Crippen molar-refractivity contribution < 1.29 is 14.6 Å². The minimum Gasteiger partial charge on any atom is -0.508 e. The molecular formula is C12H18ClNO3. The van der Waals surface area contributed by atoms with Gasteiger partial charge in [-0.2, -0.15) is 0 Å². The minimum absolute atomic E-state index is 0. The highest BCUT2D eigenvalue weighted by atomic mass is 35.5. The van der Waals surface area contributed by atoms with Crippen molar-refractivity contribution in [2.75, 3.05) is 7.11 Å². The number of ether oxygens (including phenoxy) is 1. The van der Waals surface area contributed by atoms with Gasteiger partial charge in [0.2, 0.25) is 0 Å². The lowest BCUT2D eigenvalue weighted by atomic mass is 9.98. The first-order chi connectivity index (χ1) is 7.45. The molecule has 1 aromatic carbocycles. The van der Waals surface area contributed by atoms with E-state index in [1.165, 1.54) is 7.11 Å². The maximum absolute atomic E-state index is 11.2. The van der Waals surface area contributed by atoms with Crippen LogP contribution in [-0.2, 0) is 16.0 Å². The lowest BCUT2D eigenvalue weighted by molar-refractivity contribution is -0.142. The van der Waals surface area contributed by atoms with Gasteiger partial charge in [0.05, 0.1) is 7.11 Å². The smallest absolute Gasteiger partial charge is 0.322 e. The number of esters is 1. The molecule has 0 spiro atoms. The molecule has 0 saturated carbocycles. The van der Waals surface area contributed by atoms with Crippen LogP contribution in [-0.4, -0.2) is 24.2 Å². The number of hydrogen-bond acceptors (Lipinski definition) is 4. The van der Waals surface area contributed by atoms with E-state index in [0.717, 1.165) is 11.1 Å². The summed E-state index contributed by atoms with van der Waals surface area (Å²) in [5, 5.41) is 9.77. The summed E-state index contributed by atoms with van der Waals surface area (Å²) in [6.45, 7) is 3.78. The van der Waals surface area contributed by atoms with E-state index < -0.39 is 12.0 Å². The van der Waals surface area contributed by atoms with Crippen molar-refractivity contribution in [1.29, 1.82) is 0 Å². The maximum Gasteiger partial charge on any atom is 0.322 e. The molecule has 0 aliphatic carbocycles. The van der Waals surface area contributed by atoms with Crippen molar-refractivity contribution in [3.05, 3.63) is 28.8 Å². The fourth-order valence-corrected chi connectivity index (χ4v) is 1.70. The SMILES string of the molecule is COC(=O)C(N)Cc1c(C)cc(C)cc1O.Cl. The highest BCUT2D eigenvalue weighted by Gasteiger charge is 2.17. The van der Waals surface area contributed by atoms with Crippen molar-refractivity contribution in [3.8, 4) is 5.75 Å². The van der Waals surface area contributed by atoms with Crippen molar-refractivity contribution in [2.24, 2.45) is 5.73 Å². The molecule has 0 aliphatic heterocycles. The number of hydrogen-bond donors (Lipinski definition) is 2. The van der Waals surface area contributed by atoms with Gasteiger partial charge in [0, 0.05) is 6.42 Å².